The van der Waals surface area contributed by atoms with Crippen LogP contribution in [0.15, 0.2) is 23.2 Å². The lowest BCUT2D eigenvalue weighted by Gasteiger charge is -2.14. The number of hydrogen-bond acceptors (Lipinski definition) is 7. The van der Waals surface area contributed by atoms with E-state index in [2.05, 4.69) is 10.9 Å². The predicted octanol–water partition coefficient (Wildman–Crippen LogP) is 0.709. The van der Waals surface area contributed by atoms with Gasteiger partial charge in [-0.2, -0.15) is 4.99 Å². The van der Waals surface area contributed by atoms with Crippen molar-refractivity contribution < 1.29 is 22.9 Å². The third kappa shape index (κ3) is 4.92. The number of sulfone groups is 1. The Kier molecular flexibility index (Phi) is 6.33. The standard InChI is InChI=1S/C18H18N4O6S2/c1-2-7-21-14-6-5-13(22(25)26)10-15(14)29-18(21)19-16(23)11-30(27,28)12-17(24)20-8-3-4-9-20/h1,5-6,10H,3-4,7-9,11-12H2. The quantitative estimate of drug-likeness (QED) is 0.362. The van der Waals surface area contributed by atoms with E-state index in [1.54, 1.807) is 0 Å². The molecule has 10 nitrogen and oxygen atoms in total. The molecule has 0 bridgehead atoms. The molecule has 1 aliphatic rings. The first-order chi connectivity index (χ1) is 14.2. The van der Waals surface area contributed by atoms with Gasteiger partial charge in [-0.25, -0.2) is 8.42 Å². The van der Waals surface area contributed by atoms with Crippen LogP contribution in [0.5, 0.6) is 0 Å². The highest BCUT2D eigenvalue weighted by Crippen LogP contribution is 2.23. The number of non-ortho nitro benzene ring substituents is 1. The van der Waals surface area contributed by atoms with Gasteiger partial charge in [0, 0.05) is 25.2 Å². The first kappa shape index (κ1) is 21.7. The average Bonchev–Trinajstić information content (AvgIpc) is 3.29. The summed E-state index contributed by atoms with van der Waals surface area (Å²) in [5.74, 6) is -0.681. The number of carbonyl (C=O) groups excluding carboxylic acids is 2. The van der Waals surface area contributed by atoms with Gasteiger partial charge >= 0.3 is 0 Å². The van der Waals surface area contributed by atoms with Crippen molar-refractivity contribution in [3.8, 4) is 12.3 Å². The third-order valence-electron chi connectivity index (χ3n) is 4.49. The van der Waals surface area contributed by atoms with Crippen molar-refractivity contribution in [1.29, 1.82) is 0 Å². The van der Waals surface area contributed by atoms with Gasteiger partial charge in [0.2, 0.25) is 5.91 Å². The lowest BCUT2D eigenvalue weighted by Crippen LogP contribution is -2.35. The Hall–Kier alpha value is -3.04. The number of aromatic nitrogens is 1. The van der Waals surface area contributed by atoms with E-state index in [1.165, 1.54) is 27.7 Å². The molecular weight excluding hydrogens is 432 g/mol. The van der Waals surface area contributed by atoms with Crippen LogP contribution in [0, 0.1) is 22.5 Å². The Labute approximate surface area is 175 Å². The maximum absolute atomic E-state index is 12.3. The predicted molar refractivity (Wildman–Crippen MR) is 110 cm³/mol. The van der Waals surface area contributed by atoms with Crippen molar-refractivity contribution in [2.45, 2.75) is 19.4 Å². The second kappa shape index (κ2) is 8.76. The summed E-state index contributed by atoms with van der Waals surface area (Å²) < 4.78 is 26.5. The van der Waals surface area contributed by atoms with Crippen LogP contribution in [0.2, 0.25) is 0 Å². The van der Waals surface area contributed by atoms with E-state index in [9.17, 15) is 28.1 Å². The maximum Gasteiger partial charge on any atom is 0.270 e. The van der Waals surface area contributed by atoms with Gasteiger partial charge in [0.25, 0.3) is 11.6 Å². The minimum absolute atomic E-state index is 0.0458. The molecule has 0 atom stereocenters. The topological polar surface area (TPSA) is 132 Å². The molecule has 1 saturated heterocycles. The number of fused-ring (bicyclic) bond motifs is 1. The highest BCUT2D eigenvalue weighted by molar-refractivity contribution is 7.92. The number of amides is 2. The highest BCUT2D eigenvalue weighted by Gasteiger charge is 2.26. The summed E-state index contributed by atoms with van der Waals surface area (Å²) in [4.78, 5) is 40.3. The molecule has 0 spiro atoms. The Balaban J connectivity index is 1.86. The van der Waals surface area contributed by atoms with Crippen LogP contribution in [0.25, 0.3) is 10.2 Å². The van der Waals surface area contributed by atoms with Crippen molar-refractivity contribution >= 4 is 48.9 Å². The van der Waals surface area contributed by atoms with Crippen LogP contribution >= 0.6 is 11.3 Å². The van der Waals surface area contributed by atoms with Gasteiger partial charge in [-0.05, 0) is 18.9 Å². The summed E-state index contributed by atoms with van der Waals surface area (Å²) in [5.41, 5.74) is 0.416. The smallest absolute Gasteiger partial charge is 0.270 e. The molecule has 0 aliphatic carbocycles. The van der Waals surface area contributed by atoms with Gasteiger partial charge in [-0.3, -0.25) is 19.7 Å². The average molecular weight is 450 g/mol. The lowest BCUT2D eigenvalue weighted by atomic mass is 10.3. The first-order valence-corrected chi connectivity index (χ1v) is 11.6. The number of nitrogens with zero attached hydrogens (tertiary/aromatic N) is 4. The van der Waals surface area contributed by atoms with Crippen LogP contribution in [-0.4, -0.2) is 59.2 Å². The first-order valence-electron chi connectivity index (χ1n) is 8.97. The van der Waals surface area contributed by atoms with Crippen molar-refractivity contribution in [1.82, 2.24) is 9.47 Å². The SMILES string of the molecule is C#CCn1c(=NC(=O)CS(=O)(=O)CC(=O)N2CCCC2)sc2cc([N+](=O)[O-])ccc21. The fourth-order valence-corrected chi connectivity index (χ4v) is 5.31. The number of nitro groups is 1. The van der Waals surface area contributed by atoms with E-state index >= 15 is 0 Å². The second-order valence-corrected chi connectivity index (χ2v) is 9.78. The third-order valence-corrected chi connectivity index (χ3v) is 6.91. The Morgan fingerprint density at radius 3 is 2.60 bits per heavy atom. The van der Waals surface area contributed by atoms with Crippen LogP contribution in [0.3, 0.4) is 0 Å². The zero-order chi connectivity index (χ0) is 21.9. The lowest BCUT2D eigenvalue weighted by molar-refractivity contribution is -0.384. The van der Waals surface area contributed by atoms with E-state index in [-0.39, 0.29) is 17.0 Å². The van der Waals surface area contributed by atoms with Gasteiger partial charge < -0.3 is 9.47 Å². The van der Waals surface area contributed by atoms with Crippen LogP contribution in [-0.2, 0) is 26.0 Å². The number of likely N-dealkylation sites (tertiary alicyclic amines) is 1. The van der Waals surface area contributed by atoms with E-state index in [0.717, 1.165) is 24.2 Å². The molecule has 12 heteroatoms. The molecule has 1 fully saturated rings. The number of rotatable bonds is 6. The molecule has 158 valence electrons. The van der Waals surface area contributed by atoms with E-state index in [1.807, 2.05) is 0 Å². The Morgan fingerprint density at radius 2 is 1.97 bits per heavy atom. The number of carbonyl (C=O) groups is 2. The highest BCUT2D eigenvalue weighted by atomic mass is 32.2. The minimum atomic E-state index is -3.98. The summed E-state index contributed by atoms with van der Waals surface area (Å²) in [7, 11) is -3.98. The normalized spacial score (nSPS) is 14.8. The molecule has 1 aromatic carbocycles. The van der Waals surface area contributed by atoms with E-state index in [0.29, 0.717) is 23.3 Å². The van der Waals surface area contributed by atoms with Crippen LogP contribution < -0.4 is 4.80 Å². The molecule has 1 aromatic heterocycles. The van der Waals surface area contributed by atoms with Crippen molar-refractivity contribution in [3.05, 3.63) is 33.1 Å². The van der Waals surface area contributed by atoms with Crippen LogP contribution in [0.4, 0.5) is 5.69 Å². The van der Waals surface area contributed by atoms with Crippen molar-refractivity contribution in [3.63, 3.8) is 0 Å². The van der Waals surface area contributed by atoms with Gasteiger partial charge in [0.15, 0.2) is 14.6 Å². The Bertz CT molecular complexity index is 1230. The molecule has 2 amide bonds. The summed E-state index contributed by atoms with van der Waals surface area (Å²) >= 11 is 0.990. The fraction of sp³-hybridized carbons (Fsp3) is 0.389. The van der Waals surface area contributed by atoms with Gasteiger partial charge in [-0.15, -0.1) is 6.42 Å². The molecule has 0 unspecified atom stereocenters. The molecule has 0 radical (unpaired) electrons. The summed E-state index contributed by atoms with van der Waals surface area (Å²) in [5, 5.41) is 11.0. The Morgan fingerprint density at radius 1 is 1.27 bits per heavy atom. The zero-order valence-corrected chi connectivity index (χ0v) is 17.4. The number of hydrogen-bond donors (Lipinski definition) is 0. The van der Waals surface area contributed by atoms with Gasteiger partial charge in [0.1, 0.15) is 11.5 Å². The second-order valence-electron chi connectivity index (χ2n) is 6.71. The van der Waals surface area contributed by atoms with Gasteiger partial charge in [0.05, 0.1) is 21.7 Å². The number of thiazole rings is 1. The van der Waals surface area contributed by atoms with Crippen molar-refractivity contribution in [2.24, 2.45) is 4.99 Å². The number of benzene rings is 1. The van der Waals surface area contributed by atoms with E-state index in [4.69, 9.17) is 6.42 Å². The number of terminal acetylenes is 1. The molecule has 1 aliphatic heterocycles. The number of nitro benzene ring substituents is 1. The van der Waals surface area contributed by atoms with Crippen molar-refractivity contribution in [2.75, 3.05) is 24.6 Å². The molecule has 0 N–H and O–H groups in total. The fourth-order valence-electron chi connectivity index (χ4n) is 3.13. The molecule has 3 rings (SSSR count). The summed E-state index contributed by atoms with van der Waals surface area (Å²) in [6.45, 7) is 1.09. The van der Waals surface area contributed by atoms with Crippen LogP contribution in [0.1, 0.15) is 12.8 Å². The molecule has 0 saturated carbocycles. The maximum atomic E-state index is 12.3. The molecular formula is C18H18N4O6S2. The van der Waals surface area contributed by atoms with Gasteiger partial charge in [-0.1, -0.05) is 17.3 Å². The summed E-state index contributed by atoms with van der Waals surface area (Å²) in [6, 6.07) is 4.14. The molecule has 30 heavy (non-hydrogen) atoms. The largest absolute Gasteiger partial charge is 0.342 e. The zero-order valence-electron chi connectivity index (χ0n) is 15.8. The monoisotopic (exact) mass is 450 g/mol. The minimum Gasteiger partial charge on any atom is -0.342 e. The molecule has 2 aromatic rings. The van der Waals surface area contributed by atoms with E-state index < -0.39 is 38.1 Å². The summed E-state index contributed by atoms with van der Waals surface area (Å²) in [6.07, 6.45) is 7.03. The molecule has 2 heterocycles.